The van der Waals surface area contributed by atoms with Crippen molar-refractivity contribution in [3.8, 4) is 5.75 Å². The van der Waals surface area contributed by atoms with Crippen LogP contribution >= 0.6 is 15.9 Å². The van der Waals surface area contributed by atoms with Crippen LogP contribution < -0.4 is 10.5 Å². The van der Waals surface area contributed by atoms with Gasteiger partial charge in [0.25, 0.3) is 0 Å². The van der Waals surface area contributed by atoms with E-state index in [0.717, 1.165) is 10.0 Å². The summed E-state index contributed by atoms with van der Waals surface area (Å²) >= 11 is 3.37. The molecule has 0 saturated carbocycles. The number of halogens is 1. The van der Waals surface area contributed by atoms with E-state index in [2.05, 4.69) is 15.9 Å². The Morgan fingerprint density at radius 3 is 2.72 bits per heavy atom. The van der Waals surface area contributed by atoms with Crippen LogP contribution in [0.2, 0.25) is 0 Å². The highest BCUT2D eigenvalue weighted by atomic mass is 79.9. The molecule has 18 heavy (non-hydrogen) atoms. The highest BCUT2D eigenvalue weighted by Crippen LogP contribution is 2.41. The molecular weight excluding hydrogens is 302 g/mol. The molecule has 5 nitrogen and oxygen atoms in total. The molecule has 3 N–H and O–H groups in total. The van der Waals surface area contributed by atoms with Gasteiger partial charge in [0.05, 0.1) is 25.7 Å². The molecule has 0 spiro atoms. The van der Waals surface area contributed by atoms with Crippen molar-refractivity contribution in [2.75, 3.05) is 20.3 Å². The molecule has 1 saturated heterocycles. The molecule has 0 radical (unpaired) electrons. The van der Waals surface area contributed by atoms with E-state index in [0.29, 0.717) is 5.75 Å². The summed E-state index contributed by atoms with van der Waals surface area (Å²) in [6.45, 7) is 0.570. The van der Waals surface area contributed by atoms with E-state index in [9.17, 15) is 4.79 Å². The van der Waals surface area contributed by atoms with Crippen molar-refractivity contribution >= 4 is 21.9 Å². The first-order valence-electron chi connectivity index (χ1n) is 5.41. The van der Waals surface area contributed by atoms with Gasteiger partial charge in [0.1, 0.15) is 11.8 Å². The number of benzene rings is 1. The molecule has 0 bridgehead atoms. The first-order valence-corrected chi connectivity index (χ1v) is 6.21. The van der Waals surface area contributed by atoms with Gasteiger partial charge in [0.15, 0.2) is 0 Å². The fraction of sp³-hybridized carbons (Fsp3) is 0.417. The van der Waals surface area contributed by atoms with Crippen molar-refractivity contribution < 1.29 is 19.4 Å². The Hall–Kier alpha value is -1.11. The molecule has 1 unspecified atom stereocenters. The molecule has 0 aromatic heterocycles. The number of aliphatic carboxylic acids is 1. The van der Waals surface area contributed by atoms with Gasteiger partial charge in [0.2, 0.25) is 0 Å². The lowest BCUT2D eigenvalue weighted by Gasteiger charge is -2.44. The Morgan fingerprint density at radius 2 is 2.28 bits per heavy atom. The van der Waals surface area contributed by atoms with Crippen LogP contribution in [0.5, 0.6) is 5.75 Å². The predicted octanol–water partition coefficient (Wildman–Crippen LogP) is 1.14. The second-order valence-corrected chi connectivity index (χ2v) is 5.23. The molecule has 98 valence electrons. The Balaban J connectivity index is 2.50. The fourth-order valence-corrected chi connectivity index (χ4v) is 2.49. The number of hydrogen-bond acceptors (Lipinski definition) is 4. The minimum Gasteiger partial charge on any atom is -0.496 e. The van der Waals surface area contributed by atoms with Crippen molar-refractivity contribution in [2.45, 2.75) is 11.5 Å². The highest BCUT2D eigenvalue weighted by molar-refractivity contribution is 9.10. The van der Waals surface area contributed by atoms with Crippen LogP contribution in [-0.4, -0.2) is 37.4 Å². The van der Waals surface area contributed by atoms with Gasteiger partial charge in [-0.2, -0.15) is 0 Å². The first-order chi connectivity index (χ1) is 8.51. The monoisotopic (exact) mass is 315 g/mol. The van der Waals surface area contributed by atoms with Crippen molar-refractivity contribution in [1.82, 2.24) is 0 Å². The molecule has 1 aliphatic heterocycles. The van der Waals surface area contributed by atoms with Crippen LogP contribution in [0.4, 0.5) is 0 Å². The molecule has 1 aromatic rings. The van der Waals surface area contributed by atoms with Crippen LogP contribution in [0.1, 0.15) is 5.56 Å². The van der Waals surface area contributed by atoms with Gasteiger partial charge >= 0.3 is 5.97 Å². The lowest BCUT2D eigenvalue weighted by Crippen LogP contribution is -2.61. The molecular formula is C12H14BrNO4. The zero-order valence-electron chi connectivity index (χ0n) is 9.85. The summed E-state index contributed by atoms with van der Waals surface area (Å²) < 4.78 is 11.3. The number of carboxylic acid groups (broad SMARTS) is 1. The smallest absolute Gasteiger partial charge is 0.321 e. The number of rotatable bonds is 4. The summed E-state index contributed by atoms with van der Waals surface area (Å²) in [5, 5.41) is 9.14. The van der Waals surface area contributed by atoms with E-state index >= 15 is 0 Å². The van der Waals surface area contributed by atoms with Crippen LogP contribution in [0.25, 0.3) is 0 Å². The molecule has 0 amide bonds. The quantitative estimate of drug-likeness (QED) is 0.870. The summed E-state index contributed by atoms with van der Waals surface area (Å²) in [5.74, 6) is -0.418. The van der Waals surface area contributed by atoms with Crippen molar-refractivity contribution in [2.24, 2.45) is 5.73 Å². The molecule has 1 atom stereocenters. The van der Waals surface area contributed by atoms with Gasteiger partial charge in [-0.15, -0.1) is 0 Å². The zero-order valence-corrected chi connectivity index (χ0v) is 11.4. The topological polar surface area (TPSA) is 81.8 Å². The summed E-state index contributed by atoms with van der Waals surface area (Å²) in [4.78, 5) is 11.2. The number of methoxy groups -OCH3 is 1. The molecule has 0 aliphatic carbocycles. The average Bonchev–Trinajstić information content (AvgIpc) is 2.27. The maximum absolute atomic E-state index is 11.2. The van der Waals surface area contributed by atoms with Crippen LogP contribution in [0.15, 0.2) is 22.7 Å². The summed E-state index contributed by atoms with van der Waals surface area (Å²) in [6.07, 6.45) is 0. The number of ether oxygens (including phenoxy) is 2. The second kappa shape index (κ2) is 4.87. The maximum atomic E-state index is 11.2. The van der Waals surface area contributed by atoms with E-state index in [-0.39, 0.29) is 13.2 Å². The van der Waals surface area contributed by atoms with Gasteiger partial charge in [0, 0.05) is 10.0 Å². The average molecular weight is 316 g/mol. The lowest BCUT2D eigenvalue weighted by atomic mass is 9.72. The maximum Gasteiger partial charge on any atom is 0.321 e. The fourth-order valence-electron chi connectivity index (χ4n) is 2.13. The summed E-state index contributed by atoms with van der Waals surface area (Å²) in [6, 6.07) is 4.44. The van der Waals surface area contributed by atoms with E-state index in [4.69, 9.17) is 20.3 Å². The Labute approximate surface area is 113 Å². The van der Waals surface area contributed by atoms with E-state index in [1.807, 2.05) is 12.1 Å². The Bertz CT molecular complexity index is 473. The van der Waals surface area contributed by atoms with Crippen LogP contribution in [-0.2, 0) is 14.9 Å². The van der Waals surface area contributed by atoms with E-state index in [1.54, 1.807) is 13.2 Å². The standard InChI is InChI=1S/C12H14BrNO4/c1-17-9-3-2-7(13)4-8(9)12(5-18-6-12)10(14)11(15)16/h2-4,10H,5-6,14H2,1H3,(H,15,16). The minimum atomic E-state index is -1.04. The number of hydrogen-bond donors (Lipinski definition) is 2. The van der Waals surface area contributed by atoms with Gasteiger partial charge in [-0.05, 0) is 18.2 Å². The molecule has 1 aliphatic rings. The van der Waals surface area contributed by atoms with E-state index in [1.165, 1.54) is 0 Å². The molecule has 1 fully saturated rings. The Morgan fingerprint density at radius 1 is 1.61 bits per heavy atom. The summed E-state index contributed by atoms with van der Waals surface area (Å²) in [7, 11) is 1.55. The van der Waals surface area contributed by atoms with Crippen molar-refractivity contribution in [1.29, 1.82) is 0 Å². The molecule has 1 heterocycles. The lowest BCUT2D eigenvalue weighted by molar-refractivity contribution is -0.148. The van der Waals surface area contributed by atoms with Gasteiger partial charge in [-0.25, -0.2) is 0 Å². The number of carboxylic acids is 1. The van der Waals surface area contributed by atoms with Gasteiger partial charge in [-0.3, -0.25) is 4.79 Å². The largest absolute Gasteiger partial charge is 0.496 e. The Kier molecular flexibility index (Phi) is 3.61. The van der Waals surface area contributed by atoms with Crippen LogP contribution in [0.3, 0.4) is 0 Å². The SMILES string of the molecule is COc1ccc(Br)cc1C1(C(N)C(=O)O)COC1. The number of nitrogens with two attached hydrogens (primary N) is 1. The summed E-state index contributed by atoms with van der Waals surface area (Å²) in [5.41, 5.74) is 5.86. The normalized spacial score (nSPS) is 18.8. The number of carbonyl (C=O) groups is 1. The second-order valence-electron chi connectivity index (χ2n) is 4.31. The first kappa shape index (κ1) is 13.3. The third-order valence-electron chi connectivity index (χ3n) is 3.28. The van der Waals surface area contributed by atoms with Crippen molar-refractivity contribution in [3.63, 3.8) is 0 Å². The van der Waals surface area contributed by atoms with Gasteiger partial charge in [-0.1, -0.05) is 15.9 Å². The molecule has 1 aromatic carbocycles. The molecule has 6 heteroatoms. The highest BCUT2D eigenvalue weighted by Gasteiger charge is 2.50. The van der Waals surface area contributed by atoms with Gasteiger partial charge < -0.3 is 20.3 Å². The minimum absolute atomic E-state index is 0.285. The molecule has 2 rings (SSSR count). The third kappa shape index (κ3) is 2.00. The zero-order chi connectivity index (χ0) is 13.3. The third-order valence-corrected chi connectivity index (χ3v) is 3.77. The van der Waals surface area contributed by atoms with Crippen molar-refractivity contribution in [3.05, 3.63) is 28.2 Å². The van der Waals surface area contributed by atoms with Crippen LogP contribution in [0, 0.1) is 0 Å². The van der Waals surface area contributed by atoms with E-state index < -0.39 is 17.4 Å². The predicted molar refractivity (Wildman–Crippen MR) is 68.8 cm³/mol.